The minimum atomic E-state index is -1.17. The van der Waals surface area contributed by atoms with Gasteiger partial charge in [-0.3, -0.25) is 14.2 Å². The van der Waals surface area contributed by atoms with Gasteiger partial charge in [0, 0.05) is 24.4 Å². The SMILES string of the molecule is COc1ccc(-c2ccc(CC[C@@H](O)C(CCn3c(=O)[nH]c4ccccc4c3=O)C(=O)O)cc2)cn1. The third-order valence-electron chi connectivity index (χ3n) is 6.30. The molecule has 0 amide bonds. The molecule has 0 saturated heterocycles. The minimum absolute atomic E-state index is 0.0543. The fraction of sp³-hybridized carbons (Fsp3) is 0.259. The molecule has 36 heavy (non-hydrogen) atoms. The summed E-state index contributed by atoms with van der Waals surface area (Å²) in [6, 6.07) is 18.1. The molecule has 9 nitrogen and oxygen atoms in total. The highest BCUT2D eigenvalue weighted by atomic mass is 16.5. The number of ether oxygens (including phenoxy) is 1. The van der Waals surface area contributed by atoms with E-state index in [4.69, 9.17) is 4.74 Å². The summed E-state index contributed by atoms with van der Waals surface area (Å²) in [4.78, 5) is 43.8. The predicted octanol–water partition coefficient (Wildman–Crippen LogP) is 2.85. The number of methoxy groups -OCH3 is 1. The Morgan fingerprint density at radius 3 is 2.42 bits per heavy atom. The molecule has 0 spiro atoms. The summed E-state index contributed by atoms with van der Waals surface area (Å²) in [6.45, 7) is -0.113. The van der Waals surface area contributed by atoms with Gasteiger partial charge in [0.1, 0.15) is 0 Å². The zero-order valence-electron chi connectivity index (χ0n) is 19.8. The highest BCUT2D eigenvalue weighted by Gasteiger charge is 2.26. The molecule has 4 aromatic rings. The van der Waals surface area contributed by atoms with Gasteiger partial charge < -0.3 is 19.9 Å². The van der Waals surface area contributed by atoms with Crippen LogP contribution in [0.3, 0.4) is 0 Å². The number of carbonyl (C=O) groups is 1. The lowest BCUT2D eigenvalue weighted by molar-refractivity contribution is -0.146. The average molecular weight is 490 g/mol. The number of nitrogens with one attached hydrogen (secondary N) is 1. The van der Waals surface area contributed by atoms with Crippen LogP contribution in [0.25, 0.3) is 22.0 Å². The van der Waals surface area contributed by atoms with Crippen LogP contribution in [0.4, 0.5) is 0 Å². The van der Waals surface area contributed by atoms with Crippen molar-refractivity contribution in [2.45, 2.75) is 31.9 Å². The summed E-state index contributed by atoms with van der Waals surface area (Å²) >= 11 is 0. The molecule has 9 heteroatoms. The Morgan fingerprint density at radius 2 is 1.75 bits per heavy atom. The molecule has 2 aromatic heterocycles. The first kappa shape index (κ1) is 24.9. The molecule has 1 unspecified atom stereocenters. The predicted molar refractivity (Wildman–Crippen MR) is 135 cm³/mol. The van der Waals surface area contributed by atoms with Gasteiger partial charge in [0.05, 0.1) is 30.0 Å². The first-order valence-corrected chi connectivity index (χ1v) is 11.6. The standard InChI is InChI=1S/C27H27N3O6/c1-36-24-13-11-19(16-28-24)18-9-6-17(7-10-18)8-12-23(31)21(26(33)34)14-15-30-25(32)20-4-2-3-5-22(20)29-27(30)35/h2-7,9-11,13,16,21,23,31H,8,12,14-15H2,1H3,(H,29,35)(H,33,34)/t21?,23-/m1/s1. The van der Waals surface area contributed by atoms with E-state index >= 15 is 0 Å². The number of hydrogen-bond acceptors (Lipinski definition) is 6. The van der Waals surface area contributed by atoms with Gasteiger partial charge in [-0.15, -0.1) is 0 Å². The number of rotatable bonds is 10. The Balaban J connectivity index is 1.39. The molecule has 0 aliphatic rings. The van der Waals surface area contributed by atoms with E-state index < -0.39 is 29.2 Å². The third-order valence-corrected chi connectivity index (χ3v) is 6.30. The van der Waals surface area contributed by atoms with Gasteiger partial charge >= 0.3 is 11.7 Å². The summed E-state index contributed by atoms with van der Waals surface area (Å²) in [6.07, 6.45) is 1.23. The lowest BCUT2D eigenvalue weighted by Gasteiger charge is -2.19. The van der Waals surface area contributed by atoms with Crippen LogP contribution in [0.1, 0.15) is 18.4 Å². The van der Waals surface area contributed by atoms with Crippen molar-refractivity contribution >= 4 is 16.9 Å². The van der Waals surface area contributed by atoms with Crippen LogP contribution in [-0.2, 0) is 17.8 Å². The minimum Gasteiger partial charge on any atom is -0.481 e. The van der Waals surface area contributed by atoms with E-state index in [2.05, 4.69) is 9.97 Å². The number of carboxylic acid groups (broad SMARTS) is 1. The van der Waals surface area contributed by atoms with Crippen LogP contribution >= 0.6 is 0 Å². The second kappa shape index (κ2) is 11.0. The zero-order valence-corrected chi connectivity index (χ0v) is 19.8. The van der Waals surface area contributed by atoms with Crippen molar-refractivity contribution in [3.05, 3.63) is 93.3 Å². The van der Waals surface area contributed by atoms with Gasteiger partial charge in [0.2, 0.25) is 5.88 Å². The van der Waals surface area contributed by atoms with Crippen LogP contribution in [0.5, 0.6) is 5.88 Å². The van der Waals surface area contributed by atoms with Gasteiger partial charge in [0.15, 0.2) is 0 Å². The van der Waals surface area contributed by atoms with Crippen molar-refractivity contribution in [3.8, 4) is 17.0 Å². The molecule has 0 bridgehead atoms. The largest absolute Gasteiger partial charge is 0.481 e. The number of aliphatic carboxylic acids is 1. The molecule has 0 saturated carbocycles. The third kappa shape index (κ3) is 5.52. The topological polar surface area (TPSA) is 135 Å². The highest BCUT2D eigenvalue weighted by molar-refractivity contribution is 5.76. The maximum atomic E-state index is 12.7. The maximum absolute atomic E-state index is 12.7. The summed E-state index contributed by atoms with van der Waals surface area (Å²) in [5.41, 5.74) is 2.19. The number of aryl methyl sites for hydroxylation is 1. The van der Waals surface area contributed by atoms with Crippen LogP contribution in [-0.4, -0.2) is 43.9 Å². The first-order chi connectivity index (χ1) is 17.4. The normalized spacial score (nSPS) is 12.8. The summed E-state index contributed by atoms with van der Waals surface area (Å²) in [5, 5.41) is 20.7. The smallest absolute Gasteiger partial charge is 0.328 e. The molecule has 2 atom stereocenters. The number of aromatic amines is 1. The summed E-state index contributed by atoms with van der Waals surface area (Å²) < 4.78 is 6.06. The van der Waals surface area contributed by atoms with Crippen molar-refractivity contribution in [2.24, 2.45) is 5.92 Å². The second-order valence-electron chi connectivity index (χ2n) is 8.56. The van der Waals surface area contributed by atoms with Gasteiger partial charge in [-0.05, 0) is 48.6 Å². The molecular formula is C27H27N3O6. The van der Waals surface area contributed by atoms with Crippen molar-refractivity contribution < 1.29 is 19.7 Å². The fourth-order valence-electron chi connectivity index (χ4n) is 4.20. The maximum Gasteiger partial charge on any atom is 0.328 e. The van der Waals surface area contributed by atoms with E-state index in [1.54, 1.807) is 43.6 Å². The van der Waals surface area contributed by atoms with Crippen molar-refractivity contribution in [1.82, 2.24) is 14.5 Å². The van der Waals surface area contributed by atoms with Gasteiger partial charge in [-0.25, -0.2) is 9.78 Å². The van der Waals surface area contributed by atoms with E-state index in [-0.39, 0.29) is 19.4 Å². The van der Waals surface area contributed by atoms with E-state index in [1.165, 1.54) is 0 Å². The molecule has 2 heterocycles. The van der Waals surface area contributed by atoms with Crippen molar-refractivity contribution in [2.75, 3.05) is 7.11 Å². The Hall–Kier alpha value is -4.24. The average Bonchev–Trinajstić information content (AvgIpc) is 2.89. The molecule has 4 rings (SSSR count). The molecule has 3 N–H and O–H groups in total. The molecule has 0 aliphatic carbocycles. The first-order valence-electron chi connectivity index (χ1n) is 11.6. The molecule has 0 fully saturated rings. The number of nitrogens with zero attached hydrogens (tertiary/aromatic N) is 2. The summed E-state index contributed by atoms with van der Waals surface area (Å²) in [7, 11) is 1.56. The highest BCUT2D eigenvalue weighted by Crippen LogP contribution is 2.22. The Kier molecular flexibility index (Phi) is 7.60. The quantitative estimate of drug-likeness (QED) is 0.312. The van der Waals surface area contributed by atoms with Gasteiger partial charge in [-0.1, -0.05) is 36.4 Å². The molecule has 2 aromatic carbocycles. The number of hydrogen-bond donors (Lipinski definition) is 3. The molecule has 0 aliphatic heterocycles. The molecular weight excluding hydrogens is 462 g/mol. The fourth-order valence-corrected chi connectivity index (χ4v) is 4.20. The number of H-pyrrole nitrogens is 1. The second-order valence-corrected chi connectivity index (χ2v) is 8.56. The molecule has 186 valence electrons. The lowest BCUT2D eigenvalue weighted by atomic mass is 9.93. The molecule has 0 radical (unpaired) electrons. The number of carboxylic acids is 1. The lowest BCUT2D eigenvalue weighted by Crippen LogP contribution is -2.37. The number of fused-ring (bicyclic) bond motifs is 1. The van der Waals surface area contributed by atoms with E-state index in [0.29, 0.717) is 23.2 Å². The van der Waals surface area contributed by atoms with Gasteiger partial charge in [-0.2, -0.15) is 0 Å². The Labute approximate surface area is 206 Å². The number of aromatic nitrogens is 3. The number of pyridine rings is 1. The number of benzene rings is 2. The number of para-hydroxylation sites is 1. The monoisotopic (exact) mass is 489 g/mol. The number of aliphatic hydroxyl groups is 1. The Bertz CT molecular complexity index is 1460. The van der Waals surface area contributed by atoms with Gasteiger partial charge in [0.25, 0.3) is 5.56 Å². The van der Waals surface area contributed by atoms with E-state index in [9.17, 15) is 24.6 Å². The van der Waals surface area contributed by atoms with E-state index in [0.717, 1.165) is 21.3 Å². The Morgan fingerprint density at radius 1 is 1.03 bits per heavy atom. The summed E-state index contributed by atoms with van der Waals surface area (Å²) in [5.74, 6) is -1.75. The van der Waals surface area contributed by atoms with Crippen LogP contribution in [0.15, 0.2) is 76.4 Å². The van der Waals surface area contributed by atoms with E-state index in [1.807, 2.05) is 30.3 Å². The van der Waals surface area contributed by atoms with Crippen molar-refractivity contribution in [3.63, 3.8) is 0 Å². The van der Waals surface area contributed by atoms with Crippen LogP contribution < -0.4 is 16.0 Å². The van der Waals surface area contributed by atoms with Crippen LogP contribution in [0, 0.1) is 5.92 Å². The van der Waals surface area contributed by atoms with Crippen LogP contribution in [0.2, 0.25) is 0 Å². The zero-order chi connectivity index (χ0) is 25.7. The van der Waals surface area contributed by atoms with Crippen molar-refractivity contribution in [1.29, 1.82) is 0 Å². The number of aliphatic hydroxyl groups excluding tert-OH is 1.